The molecule has 4 fully saturated rings. The number of nitrogens with zero attached hydrogens (tertiary/aromatic N) is 4. The number of hydrogen-bond donors (Lipinski definition) is 0. The summed E-state index contributed by atoms with van der Waals surface area (Å²) < 4.78 is 0. The Morgan fingerprint density at radius 3 is 2.43 bits per heavy atom. The van der Waals surface area contributed by atoms with Crippen LogP contribution >= 0.6 is 0 Å². The topological polar surface area (TPSA) is 32.3 Å². The molecule has 118 valence electrons. The Hall–Kier alpha value is -1.94. The summed E-state index contributed by atoms with van der Waals surface area (Å²) in [6.45, 7) is 4.95. The second kappa shape index (κ2) is 5.31. The monoisotopic (exact) mass is 306 g/mol. The van der Waals surface area contributed by atoms with E-state index in [0.29, 0.717) is 6.04 Å². The van der Waals surface area contributed by atoms with Gasteiger partial charge in [-0.15, -0.1) is 10.2 Å². The molecule has 4 aliphatic rings. The van der Waals surface area contributed by atoms with E-state index in [1.807, 2.05) is 18.2 Å². The quantitative estimate of drug-likeness (QED) is 0.854. The van der Waals surface area contributed by atoms with Crippen molar-refractivity contribution in [3.8, 4) is 11.3 Å². The molecule has 1 aromatic heterocycles. The highest BCUT2D eigenvalue weighted by Gasteiger charge is 2.42. The second-order valence-corrected chi connectivity index (χ2v) is 7.37. The average molecular weight is 306 g/mol. The van der Waals surface area contributed by atoms with Crippen molar-refractivity contribution in [2.24, 2.45) is 11.8 Å². The lowest BCUT2D eigenvalue weighted by Gasteiger charge is -2.41. The molecule has 4 atom stereocenters. The zero-order valence-electron chi connectivity index (χ0n) is 13.3. The van der Waals surface area contributed by atoms with Crippen LogP contribution in [0.4, 0.5) is 5.82 Å². The van der Waals surface area contributed by atoms with Gasteiger partial charge in [0.1, 0.15) is 0 Å². The van der Waals surface area contributed by atoms with Crippen LogP contribution in [0.2, 0.25) is 0 Å². The summed E-state index contributed by atoms with van der Waals surface area (Å²) >= 11 is 0. The smallest absolute Gasteiger partial charge is 0.151 e. The van der Waals surface area contributed by atoms with Crippen molar-refractivity contribution in [3.63, 3.8) is 0 Å². The van der Waals surface area contributed by atoms with Crippen molar-refractivity contribution in [1.29, 1.82) is 0 Å². The highest BCUT2D eigenvalue weighted by molar-refractivity contribution is 5.59. The van der Waals surface area contributed by atoms with Crippen molar-refractivity contribution >= 4 is 5.82 Å². The molecule has 4 bridgehead atoms. The fraction of sp³-hybridized carbons (Fsp3) is 0.474. The maximum absolute atomic E-state index is 4.58. The van der Waals surface area contributed by atoms with E-state index in [2.05, 4.69) is 44.3 Å². The molecule has 1 aromatic carbocycles. The predicted molar refractivity (Wildman–Crippen MR) is 91.3 cm³/mol. The van der Waals surface area contributed by atoms with Crippen LogP contribution in [-0.4, -0.2) is 47.3 Å². The normalized spacial score (nSPS) is 32.1. The van der Waals surface area contributed by atoms with Gasteiger partial charge >= 0.3 is 0 Å². The molecule has 0 amide bonds. The minimum Gasteiger partial charge on any atom is -0.351 e. The lowest BCUT2D eigenvalue weighted by Crippen LogP contribution is -2.49. The lowest BCUT2D eigenvalue weighted by atomic mass is 9.84. The van der Waals surface area contributed by atoms with Gasteiger partial charge in [-0.1, -0.05) is 30.3 Å². The zero-order valence-corrected chi connectivity index (χ0v) is 13.3. The predicted octanol–water partition coefficient (Wildman–Crippen LogP) is 2.67. The van der Waals surface area contributed by atoms with Crippen molar-refractivity contribution in [2.45, 2.75) is 18.9 Å². The molecule has 4 unspecified atom stereocenters. The van der Waals surface area contributed by atoms with Crippen LogP contribution < -0.4 is 4.90 Å². The van der Waals surface area contributed by atoms with Gasteiger partial charge in [-0.2, -0.15) is 0 Å². The fourth-order valence-corrected chi connectivity index (χ4v) is 4.81. The third-order valence-corrected chi connectivity index (χ3v) is 5.68. The first-order chi connectivity index (χ1) is 11.3. The fourth-order valence-electron chi connectivity index (χ4n) is 4.81. The highest BCUT2D eigenvalue weighted by atomic mass is 15.3. The first-order valence-electron chi connectivity index (χ1n) is 8.73. The molecule has 0 N–H and O–H groups in total. The van der Waals surface area contributed by atoms with E-state index in [1.54, 1.807) is 0 Å². The summed E-state index contributed by atoms with van der Waals surface area (Å²) in [4.78, 5) is 5.20. The number of rotatable bonds is 2. The van der Waals surface area contributed by atoms with Crippen LogP contribution in [0.3, 0.4) is 0 Å². The SMILES string of the molecule is c1ccc(-c2ccc(N3CC4CC5CC3CN(C5)C4)nn2)cc1. The summed E-state index contributed by atoms with van der Waals surface area (Å²) in [6, 6.07) is 15.2. The standard InChI is InChI=1S/C19H22N4/c1-2-4-16(5-3-1)18-6-7-19(21-20-18)23-12-15-8-14-9-17(23)13-22(10-14)11-15/h1-7,14-15,17H,8-13H2. The van der Waals surface area contributed by atoms with Gasteiger partial charge in [-0.05, 0) is 36.8 Å². The van der Waals surface area contributed by atoms with E-state index in [1.165, 1.54) is 32.5 Å². The lowest BCUT2D eigenvalue weighted by molar-refractivity contribution is 0.0980. The van der Waals surface area contributed by atoms with E-state index in [9.17, 15) is 0 Å². The number of hydrogen-bond acceptors (Lipinski definition) is 4. The van der Waals surface area contributed by atoms with Gasteiger partial charge in [0.05, 0.1) is 5.69 Å². The van der Waals surface area contributed by atoms with Gasteiger partial charge in [-0.25, -0.2) is 0 Å². The Morgan fingerprint density at radius 2 is 1.65 bits per heavy atom. The molecule has 4 saturated heterocycles. The number of aromatic nitrogens is 2. The molecular formula is C19H22N4. The average Bonchev–Trinajstić information content (AvgIpc) is 2.79. The second-order valence-electron chi connectivity index (χ2n) is 7.37. The molecule has 5 heterocycles. The molecule has 2 aromatic rings. The highest BCUT2D eigenvalue weighted by Crippen LogP contribution is 2.38. The van der Waals surface area contributed by atoms with Gasteiger partial charge in [0.25, 0.3) is 0 Å². The number of benzene rings is 1. The van der Waals surface area contributed by atoms with E-state index < -0.39 is 0 Å². The summed E-state index contributed by atoms with van der Waals surface area (Å²) in [5, 5.41) is 9.07. The molecule has 23 heavy (non-hydrogen) atoms. The molecule has 4 aliphatic heterocycles. The van der Waals surface area contributed by atoms with Gasteiger partial charge in [0, 0.05) is 37.8 Å². The Balaban J connectivity index is 1.43. The first-order valence-corrected chi connectivity index (χ1v) is 8.73. The van der Waals surface area contributed by atoms with Crippen LogP contribution in [0, 0.1) is 11.8 Å². The van der Waals surface area contributed by atoms with Crippen LogP contribution in [0.25, 0.3) is 11.3 Å². The Bertz CT molecular complexity index is 670. The van der Waals surface area contributed by atoms with Crippen molar-refractivity contribution in [2.75, 3.05) is 31.1 Å². The maximum atomic E-state index is 4.58. The molecule has 0 aliphatic carbocycles. The van der Waals surface area contributed by atoms with Gasteiger partial charge in [0.15, 0.2) is 5.82 Å². The van der Waals surface area contributed by atoms with Crippen LogP contribution in [-0.2, 0) is 0 Å². The zero-order chi connectivity index (χ0) is 15.2. The van der Waals surface area contributed by atoms with Crippen LogP contribution in [0.5, 0.6) is 0 Å². The largest absolute Gasteiger partial charge is 0.351 e. The number of piperidine rings is 2. The molecule has 6 rings (SSSR count). The van der Waals surface area contributed by atoms with Gasteiger partial charge in [0.2, 0.25) is 0 Å². The molecule has 0 saturated carbocycles. The third kappa shape index (κ3) is 2.41. The van der Waals surface area contributed by atoms with Crippen molar-refractivity contribution in [3.05, 3.63) is 42.5 Å². The number of anilines is 1. The minimum absolute atomic E-state index is 0.623. The molecular weight excluding hydrogens is 284 g/mol. The minimum atomic E-state index is 0.623. The molecule has 0 spiro atoms. The Kier molecular flexibility index (Phi) is 3.11. The summed E-state index contributed by atoms with van der Waals surface area (Å²) in [5.74, 6) is 2.76. The Morgan fingerprint density at radius 1 is 0.783 bits per heavy atom. The Labute approximate surface area is 137 Å². The summed E-state index contributed by atoms with van der Waals surface area (Å²) in [5.41, 5.74) is 2.09. The molecule has 0 radical (unpaired) electrons. The van der Waals surface area contributed by atoms with Crippen molar-refractivity contribution in [1.82, 2.24) is 15.1 Å². The van der Waals surface area contributed by atoms with E-state index in [4.69, 9.17) is 0 Å². The van der Waals surface area contributed by atoms with Crippen LogP contribution in [0.1, 0.15) is 12.8 Å². The van der Waals surface area contributed by atoms with Crippen LogP contribution in [0.15, 0.2) is 42.5 Å². The first kappa shape index (κ1) is 13.5. The van der Waals surface area contributed by atoms with Gasteiger partial charge in [-0.3, -0.25) is 0 Å². The molecule has 4 nitrogen and oxygen atoms in total. The maximum Gasteiger partial charge on any atom is 0.151 e. The number of fused-ring (bicyclic) bond motifs is 1. The van der Waals surface area contributed by atoms with Gasteiger partial charge < -0.3 is 9.80 Å². The van der Waals surface area contributed by atoms with E-state index in [-0.39, 0.29) is 0 Å². The van der Waals surface area contributed by atoms with Crippen molar-refractivity contribution < 1.29 is 0 Å². The third-order valence-electron chi connectivity index (χ3n) is 5.68. The van der Waals surface area contributed by atoms with E-state index >= 15 is 0 Å². The van der Waals surface area contributed by atoms with E-state index in [0.717, 1.165) is 35.5 Å². The summed E-state index contributed by atoms with van der Waals surface area (Å²) in [6.07, 6.45) is 2.73. The molecule has 4 heteroatoms. The summed E-state index contributed by atoms with van der Waals surface area (Å²) in [7, 11) is 0.